The molecule has 1 fully saturated rings. The molecule has 0 saturated carbocycles. The molecule has 4 rings (SSSR count). The molecule has 170 valence electrons. The third-order valence-electron chi connectivity index (χ3n) is 5.38. The minimum absolute atomic E-state index is 0.0164. The fourth-order valence-corrected chi connectivity index (χ4v) is 3.74. The number of amides is 2. The van der Waals surface area contributed by atoms with Crippen molar-refractivity contribution in [3.63, 3.8) is 0 Å². The third kappa shape index (κ3) is 4.50. The number of anilines is 2. The van der Waals surface area contributed by atoms with Gasteiger partial charge in [-0.05, 0) is 42.8 Å². The second-order valence-corrected chi connectivity index (χ2v) is 7.42. The summed E-state index contributed by atoms with van der Waals surface area (Å²) in [7, 11) is 1.46. The van der Waals surface area contributed by atoms with Crippen LogP contribution in [0.4, 0.5) is 11.6 Å². The van der Waals surface area contributed by atoms with Gasteiger partial charge in [-0.25, -0.2) is 4.98 Å². The highest BCUT2D eigenvalue weighted by atomic mass is 16.5. The summed E-state index contributed by atoms with van der Waals surface area (Å²) in [5.74, 6) is 0.137. The molecular weight excluding hydrogens is 426 g/mol. The fraction of sp³-hybridized carbons (Fsp3) is 0.304. The van der Waals surface area contributed by atoms with E-state index >= 15 is 0 Å². The molecule has 0 bridgehead atoms. The minimum atomic E-state index is -0.432. The van der Waals surface area contributed by atoms with E-state index < -0.39 is 5.91 Å². The SMILES string of the molecule is COc1ccc(C(=O)Nc2nc3cc(N4CCOCC4=O)ccc3n2CCCO)cc1C#N. The summed E-state index contributed by atoms with van der Waals surface area (Å²) in [6, 6.07) is 12.1. The number of hydrogen-bond donors (Lipinski definition) is 2. The van der Waals surface area contributed by atoms with Gasteiger partial charge in [-0.15, -0.1) is 0 Å². The summed E-state index contributed by atoms with van der Waals surface area (Å²) < 4.78 is 12.1. The Hall–Kier alpha value is -3.94. The number of methoxy groups -OCH3 is 1. The van der Waals surface area contributed by atoms with Crippen molar-refractivity contribution in [2.75, 3.05) is 43.7 Å². The summed E-state index contributed by atoms with van der Waals surface area (Å²) in [6.45, 7) is 1.37. The molecule has 0 unspecified atom stereocenters. The lowest BCUT2D eigenvalue weighted by molar-refractivity contribution is -0.125. The van der Waals surface area contributed by atoms with Crippen molar-refractivity contribution in [1.29, 1.82) is 5.26 Å². The van der Waals surface area contributed by atoms with Crippen LogP contribution in [-0.2, 0) is 16.1 Å². The molecule has 33 heavy (non-hydrogen) atoms. The van der Waals surface area contributed by atoms with E-state index in [9.17, 15) is 20.0 Å². The molecule has 10 nitrogen and oxygen atoms in total. The number of carbonyl (C=O) groups is 2. The van der Waals surface area contributed by atoms with Gasteiger partial charge in [0.05, 0.1) is 30.3 Å². The van der Waals surface area contributed by atoms with Crippen LogP contribution < -0.4 is 15.0 Å². The van der Waals surface area contributed by atoms with Crippen LogP contribution in [0.2, 0.25) is 0 Å². The van der Waals surface area contributed by atoms with Gasteiger partial charge < -0.3 is 24.0 Å². The maximum atomic E-state index is 12.9. The molecular formula is C23H23N5O5. The van der Waals surface area contributed by atoms with Crippen LogP contribution in [0.3, 0.4) is 0 Å². The molecule has 1 aliphatic rings. The van der Waals surface area contributed by atoms with E-state index in [0.29, 0.717) is 49.0 Å². The van der Waals surface area contributed by atoms with Gasteiger partial charge in [0.2, 0.25) is 5.95 Å². The summed E-state index contributed by atoms with van der Waals surface area (Å²) in [4.78, 5) is 31.3. The molecule has 0 atom stereocenters. The zero-order valence-corrected chi connectivity index (χ0v) is 18.1. The van der Waals surface area contributed by atoms with Crippen molar-refractivity contribution < 1.29 is 24.2 Å². The van der Waals surface area contributed by atoms with Gasteiger partial charge in [0.25, 0.3) is 11.8 Å². The summed E-state index contributed by atoms with van der Waals surface area (Å²) in [5.41, 5.74) is 2.60. The minimum Gasteiger partial charge on any atom is -0.495 e. The van der Waals surface area contributed by atoms with Crippen molar-refractivity contribution in [3.05, 3.63) is 47.5 Å². The number of nitriles is 1. The van der Waals surface area contributed by atoms with E-state index in [-0.39, 0.29) is 30.2 Å². The second kappa shape index (κ2) is 9.68. The Morgan fingerprint density at radius 1 is 1.33 bits per heavy atom. The molecule has 1 aliphatic heterocycles. The normalized spacial score (nSPS) is 13.7. The molecule has 0 radical (unpaired) electrons. The number of imidazole rings is 1. The van der Waals surface area contributed by atoms with Gasteiger partial charge in [0, 0.05) is 30.9 Å². The van der Waals surface area contributed by atoms with Crippen LogP contribution in [0, 0.1) is 11.3 Å². The summed E-state index contributed by atoms with van der Waals surface area (Å²) >= 11 is 0. The first kappa shape index (κ1) is 22.3. The smallest absolute Gasteiger partial charge is 0.258 e. The number of nitrogens with zero attached hydrogens (tertiary/aromatic N) is 4. The number of fused-ring (bicyclic) bond motifs is 1. The van der Waals surface area contributed by atoms with Gasteiger partial charge in [0.1, 0.15) is 18.4 Å². The summed E-state index contributed by atoms with van der Waals surface area (Å²) in [5, 5.41) is 21.4. The van der Waals surface area contributed by atoms with Crippen molar-refractivity contribution >= 4 is 34.5 Å². The molecule has 2 N–H and O–H groups in total. The largest absolute Gasteiger partial charge is 0.495 e. The van der Waals surface area contributed by atoms with Crippen LogP contribution in [0.15, 0.2) is 36.4 Å². The zero-order valence-electron chi connectivity index (χ0n) is 18.1. The molecule has 2 heterocycles. The molecule has 2 amide bonds. The number of carbonyl (C=O) groups excluding carboxylic acids is 2. The number of nitrogens with one attached hydrogen (secondary N) is 1. The number of aliphatic hydroxyl groups is 1. The highest BCUT2D eigenvalue weighted by Gasteiger charge is 2.22. The second-order valence-electron chi connectivity index (χ2n) is 7.42. The molecule has 10 heteroatoms. The molecule has 0 spiro atoms. The maximum absolute atomic E-state index is 12.9. The first-order valence-electron chi connectivity index (χ1n) is 10.4. The number of aryl methyl sites for hydroxylation is 1. The third-order valence-corrected chi connectivity index (χ3v) is 5.38. The highest BCUT2D eigenvalue weighted by Crippen LogP contribution is 2.27. The standard InChI is InChI=1S/C23H23N5O5/c1-32-20-6-3-15(11-16(20)13-24)22(31)26-23-25-18-12-17(27-8-10-33-14-21(27)30)4-5-19(18)28(23)7-2-9-29/h3-6,11-12,29H,2,7-10,14H2,1H3,(H,25,26,31). The van der Waals surface area contributed by atoms with E-state index in [0.717, 1.165) is 5.52 Å². The first-order valence-corrected chi connectivity index (χ1v) is 10.4. The lowest BCUT2D eigenvalue weighted by Gasteiger charge is -2.26. The van der Waals surface area contributed by atoms with Gasteiger partial charge in [0.15, 0.2) is 0 Å². The van der Waals surface area contributed by atoms with E-state index in [1.54, 1.807) is 23.1 Å². The van der Waals surface area contributed by atoms with E-state index in [2.05, 4.69) is 10.3 Å². The highest BCUT2D eigenvalue weighted by molar-refractivity contribution is 6.04. The fourth-order valence-electron chi connectivity index (χ4n) is 3.74. The van der Waals surface area contributed by atoms with Gasteiger partial charge in [-0.3, -0.25) is 14.9 Å². The zero-order chi connectivity index (χ0) is 23.4. The monoisotopic (exact) mass is 449 g/mol. The van der Waals surface area contributed by atoms with Crippen LogP contribution in [0.5, 0.6) is 5.75 Å². The molecule has 2 aromatic carbocycles. The van der Waals surface area contributed by atoms with Crippen molar-refractivity contribution in [2.24, 2.45) is 0 Å². The Morgan fingerprint density at radius 3 is 2.91 bits per heavy atom. The van der Waals surface area contributed by atoms with Crippen molar-refractivity contribution in [3.8, 4) is 11.8 Å². The van der Waals surface area contributed by atoms with Crippen LogP contribution in [0.1, 0.15) is 22.3 Å². The Bertz CT molecular complexity index is 1250. The molecule has 1 saturated heterocycles. The molecule has 1 aromatic heterocycles. The number of ether oxygens (including phenoxy) is 2. The predicted molar refractivity (Wildman–Crippen MR) is 120 cm³/mol. The van der Waals surface area contributed by atoms with Crippen molar-refractivity contribution in [1.82, 2.24) is 9.55 Å². The van der Waals surface area contributed by atoms with E-state index in [4.69, 9.17) is 9.47 Å². The van der Waals surface area contributed by atoms with E-state index in [1.165, 1.54) is 13.2 Å². The lowest BCUT2D eigenvalue weighted by atomic mass is 10.1. The Morgan fingerprint density at radius 2 is 2.18 bits per heavy atom. The first-order chi connectivity index (χ1) is 16.0. The lowest BCUT2D eigenvalue weighted by Crippen LogP contribution is -2.41. The number of aliphatic hydroxyl groups excluding tert-OH is 1. The average Bonchev–Trinajstić information content (AvgIpc) is 3.18. The number of benzene rings is 2. The van der Waals surface area contributed by atoms with Crippen LogP contribution >= 0.6 is 0 Å². The van der Waals surface area contributed by atoms with Gasteiger partial charge in [-0.2, -0.15) is 5.26 Å². The quantitative estimate of drug-likeness (QED) is 0.564. The maximum Gasteiger partial charge on any atom is 0.258 e. The summed E-state index contributed by atoms with van der Waals surface area (Å²) in [6.07, 6.45) is 0.471. The Balaban J connectivity index is 1.67. The molecule has 3 aromatic rings. The number of rotatable bonds is 7. The van der Waals surface area contributed by atoms with Gasteiger partial charge in [-0.1, -0.05) is 0 Å². The predicted octanol–water partition coefficient (Wildman–Crippen LogP) is 1.91. The number of hydrogen-bond acceptors (Lipinski definition) is 7. The van der Waals surface area contributed by atoms with Crippen LogP contribution in [0.25, 0.3) is 11.0 Å². The van der Waals surface area contributed by atoms with Gasteiger partial charge >= 0.3 is 0 Å². The molecule has 0 aliphatic carbocycles. The van der Waals surface area contributed by atoms with Crippen LogP contribution in [-0.4, -0.2) is 59.9 Å². The number of morpholine rings is 1. The average molecular weight is 449 g/mol. The van der Waals surface area contributed by atoms with Crippen molar-refractivity contribution in [2.45, 2.75) is 13.0 Å². The Labute approximate surface area is 189 Å². The topological polar surface area (TPSA) is 130 Å². The van der Waals surface area contributed by atoms with E-state index in [1.807, 2.05) is 22.8 Å². The Kier molecular flexibility index (Phi) is 6.53. The number of aromatic nitrogens is 2.